The minimum Gasteiger partial charge on any atom is -0.353 e. The molecule has 0 saturated carbocycles. The molecule has 2 amide bonds. The molecule has 0 aliphatic carbocycles. The molecule has 0 N–H and O–H groups in total. The molecule has 1 heterocycles. The number of hydrogen-bond donors (Lipinski definition) is 0. The van der Waals surface area contributed by atoms with E-state index in [-0.39, 0.29) is 24.3 Å². The van der Waals surface area contributed by atoms with Crippen LogP contribution in [0.3, 0.4) is 0 Å². The Balaban J connectivity index is 2.20. The van der Waals surface area contributed by atoms with Gasteiger partial charge in [-0.1, -0.05) is 44.2 Å². The molecular weight excluding hydrogens is 374 g/mol. The Morgan fingerprint density at radius 1 is 1.00 bits per heavy atom. The summed E-state index contributed by atoms with van der Waals surface area (Å²) in [5.74, 6) is -0.0405. The highest BCUT2D eigenvalue weighted by atomic mass is 35.5. The lowest BCUT2D eigenvalue weighted by atomic mass is 10.2. The summed E-state index contributed by atoms with van der Waals surface area (Å²) in [4.78, 5) is 29.0. The van der Waals surface area contributed by atoms with E-state index in [0.717, 1.165) is 11.3 Å². The van der Waals surface area contributed by atoms with Crippen molar-refractivity contribution < 1.29 is 9.59 Å². The van der Waals surface area contributed by atoms with Crippen molar-refractivity contribution in [2.24, 2.45) is 13.0 Å². The molecule has 1 aromatic heterocycles. The van der Waals surface area contributed by atoms with Crippen LogP contribution in [0, 0.1) is 5.92 Å². The third-order valence-electron chi connectivity index (χ3n) is 4.54. The molecule has 0 saturated heterocycles. The summed E-state index contributed by atoms with van der Waals surface area (Å²) >= 11 is 6.02. The minimum absolute atomic E-state index is 0.0331. The number of halogens is 1. The average Bonchev–Trinajstić information content (AvgIpc) is 3.05. The Labute approximate surface area is 172 Å². The lowest BCUT2D eigenvalue weighted by molar-refractivity contribution is -0.141. The van der Waals surface area contributed by atoms with Gasteiger partial charge in [-0.05, 0) is 30.5 Å². The van der Waals surface area contributed by atoms with Crippen LogP contribution in [0.25, 0.3) is 0 Å². The van der Waals surface area contributed by atoms with Gasteiger partial charge in [0.1, 0.15) is 5.38 Å². The molecule has 2 aromatic rings. The molecule has 2 rings (SSSR count). The van der Waals surface area contributed by atoms with Gasteiger partial charge in [0.15, 0.2) is 0 Å². The first-order chi connectivity index (χ1) is 13.3. The fourth-order valence-corrected chi connectivity index (χ4v) is 3.22. The third-order valence-corrected chi connectivity index (χ3v) is 4.72. The predicted octanol–water partition coefficient (Wildman–Crippen LogP) is 3.67. The number of aryl methyl sites for hydroxylation is 1. The number of rotatable bonds is 9. The standard InChI is InChI=1S/C22H30ClN3O2/c1-17(2)13-26(22(28)18(3)23)16-21(27)25(14-19-9-6-5-7-10-19)15-20-11-8-12-24(20)4/h5-12,17-18H,13-16H2,1-4H3/t18-/m1/s1. The average molecular weight is 404 g/mol. The molecule has 0 unspecified atom stereocenters. The maximum Gasteiger partial charge on any atom is 0.242 e. The Kier molecular flexibility index (Phi) is 8.12. The van der Waals surface area contributed by atoms with Gasteiger partial charge in [0.2, 0.25) is 11.8 Å². The molecule has 6 heteroatoms. The molecule has 28 heavy (non-hydrogen) atoms. The zero-order valence-corrected chi connectivity index (χ0v) is 17.9. The summed E-state index contributed by atoms with van der Waals surface area (Å²) < 4.78 is 2.00. The highest BCUT2D eigenvalue weighted by molar-refractivity contribution is 6.30. The van der Waals surface area contributed by atoms with Crippen molar-refractivity contribution in [3.05, 3.63) is 59.9 Å². The van der Waals surface area contributed by atoms with Gasteiger partial charge >= 0.3 is 0 Å². The second-order valence-electron chi connectivity index (χ2n) is 7.57. The van der Waals surface area contributed by atoms with Gasteiger partial charge in [-0.25, -0.2) is 0 Å². The number of benzene rings is 1. The van der Waals surface area contributed by atoms with Crippen molar-refractivity contribution in [1.29, 1.82) is 0 Å². The van der Waals surface area contributed by atoms with E-state index in [1.807, 2.05) is 74.1 Å². The molecular formula is C22H30ClN3O2. The van der Waals surface area contributed by atoms with Gasteiger partial charge in [-0.2, -0.15) is 0 Å². The van der Waals surface area contributed by atoms with Crippen LogP contribution in [0.1, 0.15) is 32.0 Å². The Morgan fingerprint density at radius 2 is 1.68 bits per heavy atom. The molecule has 0 aliphatic heterocycles. The van der Waals surface area contributed by atoms with Crippen LogP contribution < -0.4 is 0 Å². The number of carbonyl (C=O) groups is 2. The van der Waals surface area contributed by atoms with Gasteiger partial charge in [0.05, 0.1) is 13.1 Å². The second kappa shape index (κ2) is 10.3. The monoisotopic (exact) mass is 403 g/mol. The van der Waals surface area contributed by atoms with E-state index in [9.17, 15) is 9.59 Å². The van der Waals surface area contributed by atoms with Gasteiger partial charge in [0, 0.05) is 32.0 Å². The van der Waals surface area contributed by atoms with Crippen LogP contribution in [-0.4, -0.2) is 44.6 Å². The van der Waals surface area contributed by atoms with E-state index in [1.54, 1.807) is 16.7 Å². The maximum absolute atomic E-state index is 13.2. The zero-order chi connectivity index (χ0) is 20.7. The highest BCUT2D eigenvalue weighted by Gasteiger charge is 2.25. The van der Waals surface area contributed by atoms with E-state index in [2.05, 4.69) is 0 Å². The van der Waals surface area contributed by atoms with Crippen LogP contribution in [0.4, 0.5) is 0 Å². The molecule has 0 bridgehead atoms. The van der Waals surface area contributed by atoms with E-state index in [1.165, 1.54) is 0 Å². The Bertz CT molecular complexity index is 771. The molecule has 0 fully saturated rings. The summed E-state index contributed by atoms with van der Waals surface area (Å²) in [6, 6.07) is 13.9. The first kappa shape index (κ1) is 22.0. The smallest absolute Gasteiger partial charge is 0.242 e. The molecule has 0 radical (unpaired) electrons. The SMILES string of the molecule is CC(C)CN(CC(=O)N(Cc1ccccc1)Cc1cccn1C)C(=O)[C@@H](C)Cl. The molecule has 1 atom stereocenters. The van der Waals surface area contributed by atoms with Gasteiger partial charge in [-0.3, -0.25) is 9.59 Å². The van der Waals surface area contributed by atoms with Crippen LogP contribution in [-0.2, 0) is 29.7 Å². The molecule has 0 spiro atoms. The van der Waals surface area contributed by atoms with E-state index >= 15 is 0 Å². The number of nitrogens with zero attached hydrogens (tertiary/aromatic N) is 3. The Hall–Kier alpha value is -2.27. The largest absolute Gasteiger partial charge is 0.353 e. The van der Waals surface area contributed by atoms with Crippen LogP contribution in [0.5, 0.6) is 0 Å². The van der Waals surface area contributed by atoms with Crippen LogP contribution in [0.15, 0.2) is 48.7 Å². The third kappa shape index (κ3) is 6.41. The van der Waals surface area contributed by atoms with Crippen molar-refractivity contribution in [2.75, 3.05) is 13.1 Å². The van der Waals surface area contributed by atoms with Gasteiger partial charge in [-0.15, -0.1) is 11.6 Å². The first-order valence-corrected chi connectivity index (χ1v) is 10.1. The van der Waals surface area contributed by atoms with E-state index < -0.39 is 5.38 Å². The topological polar surface area (TPSA) is 45.6 Å². The Morgan fingerprint density at radius 3 is 2.21 bits per heavy atom. The summed E-state index contributed by atoms with van der Waals surface area (Å²) in [6.07, 6.45) is 1.96. The number of hydrogen-bond acceptors (Lipinski definition) is 2. The number of alkyl halides is 1. The number of amides is 2. The molecule has 1 aromatic carbocycles. The van der Waals surface area contributed by atoms with Crippen molar-refractivity contribution in [3.63, 3.8) is 0 Å². The summed E-state index contributed by atoms with van der Waals surface area (Å²) in [6.45, 7) is 7.21. The van der Waals surface area contributed by atoms with Crippen molar-refractivity contribution in [1.82, 2.24) is 14.4 Å². The van der Waals surface area contributed by atoms with E-state index in [0.29, 0.717) is 19.6 Å². The summed E-state index contributed by atoms with van der Waals surface area (Å²) in [5.41, 5.74) is 2.09. The normalized spacial score (nSPS) is 12.1. The van der Waals surface area contributed by atoms with Crippen LogP contribution >= 0.6 is 11.6 Å². The van der Waals surface area contributed by atoms with Crippen molar-refractivity contribution in [2.45, 2.75) is 39.2 Å². The van der Waals surface area contributed by atoms with Crippen LogP contribution in [0.2, 0.25) is 0 Å². The highest BCUT2D eigenvalue weighted by Crippen LogP contribution is 2.13. The second-order valence-corrected chi connectivity index (χ2v) is 8.23. The molecule has 0 aliphatic rings. The van der Waals surface area contributed by atoms with Crippen molar-refractivity contribution in [3.8, 4) is 0 Å². The first-order valence-electron chi connectivity index (χ1n) is 9.62. The fraction of sp³-hybridized carbons (Fsp3) is 0.455. The fourth-order valence-electron chi connectivity index (χ4n) is 3.08. The summed E-state index contributed by atoms with van der Waals surface area (Å²) in [5, 5.41) is -0.651. The summed E-state index contributed by atoms with van der Waals surface area (Å²) in [7, 11) is 1.96. The molecule has 152 valence electrons. The van der Waals surface area contributed by atoms with Gasteiger partial charge < -0.3 is 14.4 Å². The zero-order valence-electron chi connectivity index (χ0n) is 17.1. The maximum atomic E-state index is 13.2. The quantitative estimate of drug-likeness (QED) is 0.600. The lowest BCUT2D eigenvalue weighted by Crippen LogP contribution is -2.46. The molecule has 5 nitrogen and oxygen atoms in total. The minimum atomic E-state index is -0.651. The number of carbonyl (C=O) groups excluding carboxylic acids is 2. The number of aromatic nitrogens is 1. The predicted molar refractivity (Wildman–Crippen MR) is 113 cm³/mol. The van der Waals surface area contributed by atoms with E-state index in [4.69, 9.17) is 11.6 Å². The van der Waals surface area contributed by atoms with Crippen molar-refractivity contribution >= 4 is 23.4 Å². The lowest BCUT2D eigenvalue weighted by Gasteiger charge is -2.29. The van der Waals surface area contributed by atoms with Gasteiger partial charge in [0.25, 0.3) is 0 Å².